The summed E-state index contributed by atoms with van der Waals surface area (Å²) in [7, 11) is -2.37. The van der Waals surface area contributed by atoms with Gasteiger partial charge in [-0.25, -0.2) is 22.2 Å². The smallest absolute Gasteiger partial charge is 0.308 e. The topological polar surface area (TPSA) is 130 Å². The summed E-state index contributed by atoms with van der Waals surface area (Å²) in [6, 6.07) is 8.03. The summed E-state index contributed by atoms with van der Waals surface area (Å²) in [4.78, 5) is 33.8. The average molecular weight is 664 g/mol. The van der Waals surface area contributed by atoms with Crippen molar-refractivity contribution in [2.24, 2.45) is 11.3 Å². The van der Waals surface area contributed by atoms with Crippen LogP contribution in [-0.4, -0.2) is 76.8 Å². The van der Waals surface area contributed by atoms with Crippen LogP contribution in [0.4, 0.5) is 31.7 Å². The van der Waals surface area contributed by atoms with Gasteiger partial charge in [-0.3, -0.25) is 14.3 Å². The molecule has 1 amide bonds. The Balaban J connectivity index is 1.33. The Hall–Kier alpha value is -3.68. The van der Waals surface area contributed by atoms with Crippen molar-refractivity contribution in [1.29, 1.82) is 0 Å². The van der Waals surface area contributed by atoms with Gasteiger partial charge in [-0.15, -0.1) is 0 Å². The van der Waals surface area contributed by atoms with Gasteiger partial charge in [0.05, 0.1) is 30.1 Å². The number of ether oxygens (including phenoxy) is 2. The summed E-state index contributed by atoms with van der Waals surface area (Å²) in [5.74, 6) is -3.65. The van der Waals surface area contributed by atoms with Gasteiger partial charge in [-0.1, -0.05) is 13.8 Å². The Morgan fingerprint density at radius 2 is 1.67 bits per heavy atom. The monoisotopic (exact) mass is 663 g/mol. The van der Waals surface area contributed by atoms with Gasteiger partial charge in [-0.05, 0) is 67.9 Å². The maximum atomic E-state index is 13.8. The minimum atomic E-state index is -3.83. The molecule has 46 heavy (non-hydrogen) atoms. The summed E-state index contributed by atoms with van der Waals surface area (Å²) in [5.41, 5.74) is 1.96. The van der Waals surface area contributed by atoms with Crippen LogP contribution in [0.25, 0.3) is 0 Å². The van der Waals surface area contributed by atoms with Crippen molar-refractivity contribution >= 4 is 44.8 Å². The number of methoxy groups -OCH3 is 1. The Morgan fingerprint density at radius 1 is 1.00 bits per heavy atom. The number of alkyl halides is 2. The van der Waals surface area contributed by atoms with Gasteiger partial charge in [0.15, 0.2) is 11.6 Å². The molecule has 1 spiro atoms. The van der Waals surface area contributed by atoms with Crippen molar-refractivity contribution in [2.45, 2.75) is 64.7 Å². The number of carbonyl (C=O) groups excluding carboxylic acids is 2. The summed E-state index contributed by atoms with van der Waals surface area (Å²) in [6.45, 7) is 5.01. The van der Waals surface area contributed by atoms with Crippen molar-refractivity contribution in [3.05, 3.63) is 36.0 Å². The normalized spacial score (nSPS) is 19.3. The lowest BCUT2D eigenvalue weighted by molar-refractivity contribution is -0.147. The predicted octanol–water partition coefficient (Wildman–Crippen LogP) is 5.29. The van der Waals surface area contributed by atoms with E-state index in [-0.39, 0.29) is 44.1 Å². The van der Waals surface area contributed by atoms with Crippen LogP contribution in [0.15, 0.2) is 30.3 Å². The molecule has 252 valence electrons. The van der Waals surface area contributed by atoms with E-state index in [0.29, 0.717) is 40.5 Å². The second kappa shape index (κ2) is 13.6. The number of amides is 1. The average Bonchev–Trinajstić information content (AvgIpc) is 3.79. The van der Waals surface area contributed by atoms with Crippen LogP contribution in [0.1, 0.15) is 69.3 Å². The van der Waals surface area contributed by atoms with Crippen molar-refractivity contribution in [1.82, 2.24) is 4.98 Å². The molecule has 2 aromatic rings. The number of pyridine rings is 1. The highest BCUT2D eigenvalue weighted by atomic mass is 32.2. The van der Waals surface area contributed by atoms with Crippen LogP contribution in [0.2, 0.25) is 0 Å². The molecule has 5 rings (SSSR count). The van der Waals surface area contributed by atoms with E-state index in [1.54, 1.807) is 36.1 Å². The fraction of sp³-hybridized carbons (Fsp3) is 0.594. The molecule has 1 atom stereocenters. The number of hydrogen-bond acceptors (Lipinski definition) is 9. The van der Waals surface area contributed by atoms with Gasteiger partial charge in [0.25, 0.3) is 11.8 Å². The van der Waals surface area contributed by atoms with E-state index in [0.717, 1.165) is 25.9 Å². The van der Waals surface area contributed by atoms with Gasteiger partial charge in [0, 0.05) is 39.0 Å². The van der Waals surface area contributed by atoms with Gasteiger partial charge < -0.3 is 24.6 Å². The predicted molar refractivity (Wildman–Crippen MR) is 173 cm³/mol. The Morgan fingerprint density at radius 3 is 2.30 bits per heavy atom. The maximum absolute atomic E-state index is 13.8. The molecule has 1 saturated carbocycles. The zero-order valence-electron chi connectivity index (χ0n) is 26.6. The van der Waals surface area contributed by atoms with E-state index in [2.05, 4.69) is 19.9 Å². The molecular weight excluding hydrogens is 620 g/mol. The Labute approximate surface area is 269 Å². The van der Waals surface area contributed by atoms with E-state index in [1.807, 2.05) is 6.92 Å². The highest BCUT2D eigenvalue weighted by Gasteiger charge is 2.44. The first-order chi connectivity index (χ1) is 21.8. The third kappa shape index (κ3) is 8.18. The Kier molecular flexibility index (Phi) is 9.95. The molecule has 3 heterocycles. The molecular formula is C32H43F2N5O6S. The number of sulfonamides is 1. The number of nitrogens with one attached hydrogen (secondary N) is 2. The molecule has 0 unspecified atom stereocenters. The fourth-order valence-electron chi connectivity index (χ4n) is 5.83. The van der Waals surface area contributed by atoms with Gasteiger partial charge >= 0.3 is 5.97 Å². The van der Waals surface area contributed by atoms with E-state index >= 15 is 0 Å². The second-order valence-corrected chi connectivity index (χ2v) is 14.5. The van der Waals surface area contributed by atoms with Crippen LogP contribution in [-0.2, 0) is 19.6 Å². The highest BCUT2D eigenvalue weighted by Crippen LogP contribution is 2.54. The lowest BCUT2D eigenvalue weighted by Crippen LogP contribution is -2.40. The molecule has 3 fully saturated rings. The van der Waals surface area contributed by atoms with E-state index in [1.165, 1.54) is 26.0 Å². The van der Waals surface area contributed by atoms with E-state index in [4.69, 9.17) is 9.47 Å². The van der Waals surface area contributed by atoms with Crippen LogP contribution in [0.3, 0.4) is 0 Å². The summed E-state index contributed by atoms with van der Waals surface area (Å²) in [5, 5.41) is 2.94. The molecule has 2 N–H and O–H groups in total. The number of carbonyl (C=O) groups is 2. The van der Waals surface area contributed by atoms with E-state index in [9.17, 15) is 26.8 Å². The molecule has 11 nitrogen and oxygen atoms in total. The zero-order valence-corrected chi connectivity index (χ0v) is 27.4. The van der Waals surface area contributed by atoms with Gasteiger partial charge in [0.2, 0.25) is 10.0 Å². The van der Waals surface area contributed by atoms with E-state index < -0.39 is 33.6 Å². The van der Waals surface area contributed by atoms with Crippen molar-refractivity contribution in [3.63, 3.8) is 0 Å². The van der Waals surface area contributed by atoms with Crippen molar-refractivity contribution < 1.29 is 36.3 Å². The van der Waals surface area contributed by atoms with Gasteiger partial charge in [0.1, 0.15) is 18.1 Å². The van der Waals surface area contributed by atoms with Crippen molar-refractivity contribution in [2.75, 3.05) is 65.5 Å². The molecule has 14 heteroatoms. The molecule has 2 saturated heterocycles. The number of anilines is 4. The van der Waals surface area contributed by atoms with Crippen LogP contribution in [0, 0.1) is 11.3 Å². The lowest BCUT2D eigenvalue weighted by Gasteiger charge is -2.35. The number of halogens is 2. The number of hydrogen-bond donors (Lipinski definition) is 2. The third-order valence-corrected chi connectivity index (χ3v) is 10.6. The van der Waals surface area contributed by atoms with Crippen LogP contribution >= 0.6 is 0 Å². The molecule has 2 aliphatic heterocycles. The van der Waals surface area contributed by atoms with Gasteiger partial charge in [-0.2, -0.15) is 0 Å². The standard InChI is InChI=1S/C32H43F2N5O6S/c1-4-22(2)30(41)45-19-20-46(42,43)37-23-5-6-24(26(21-23)38-15-11-31(9-10-31)12-16-38)36-29(40)25-7-8-27(44-3)28(35-25)39-17-13-32(33,34)14-18-39/h5-8,21-22,37H,4,9-20H2,1-3H3,(H,36,40)/t22-/m0/s1. The SMILES string of the molecule is CC[C@H](C)C(=O)OCCS(=O)(=O)Nc1ccc(NC(=O)c2ccc(OC)c(N3CCC(F)(F)CC3)n2)c(N2CCC3(CC2)CC3)c1. The largest absolute Gasteiger partial charge is 0.493 e. The quantitative estimate of drug-likeness (QED) is 0.291. The lowest BCUT2D eigenvalue weighted by atomic mass is 9.93. The summed E-state index contributed by atoms with van der Waals surface area (Å²) in [6.07, 6.45) is 4.43. The number of nitrogens with zero attached hydrogens (tertiary/aromatic N) is 3. The van der Waals surface area contributed by atoms with Crippen molar-refractivity contribution in [3.8, 4) is 5.75 Å². The first-order valence-corrected chi connectivity index (χ1v) is 17.5. The molecule has 0 bridgehead atoms. The summed E-state index contributed by atoms with van der Waals surface area (Å²) >= 11 is 0. The molecule has 1 aliphatic carbocycles. The highest BCUT2D eigenvalue weighted by molar-refractivity contribution is 7.92. The summed E-state index contributed by atoms with van der Waals surface area (Å²) < 4.78 is 66.4. The minimum absolute atomic E-state index is 0.0830. The fourth-order valence-corrected chi connectivity index (χ4v) is 6.72. The number of rotatable bonds is 12. The second-order valence-electron chi connectivity index (χ2n) is 12.6. The van der Waals surface area contributed by atoms with Crippen LogP contribution < -0.4 is 24.6 Å². The molecule has 1 aromatic carbocycles. The molecule has 0 radical (unpaired) electrons. The maximum Gasteiger partial charge on any atom is 0.308 e. The zero-order chi connectivity index (χ0) is 33.1. The first-order valence-electron chi connectivity index (χ1n) is 15.9. The number of esters is 1. The number of aromatic nitrogens is 1. The third-order valence-electron chi connectivity index (χ3n) is 9.34. The molecule has 3 aliphatic rings. The molecule has 1 aromatic heterocycles. The minimum Gasteiger partial charge on any atom is -0.493 e. The first kappa shape index (κ1) is 33.7. The Bertz CT molecular complexity index is 1530. The van der Waals surface area contributed by atoms with Crippen LogP contribution in [0.5, 0.6) is 5.75 Å². The number of piperidine rings is 2. The number of benzene rings is 1.